The zero-order chi connectivity index (χ0) is 12.3. The van der Waals surface area contributed by atoms with Crippen LogP contribution in [0.1, 0.15) is 12.5 Å². The number of carbonyl (C=O) groups excluding carboxylic acids is 1. The number of nitrogens with one attached hydrogen (secondary N) is 1. The number of rotatable bonds is 3. The molecule has 0 radical (unpaired) electrons. The Labute approximate surface area is 101 Å². The van der Waals surface area contributed by atoms with Gasteiger partial charge in [0.1, 0.15) is 6.04 Å². The van der Waals surface area contributed by atoms with Crippen molar-refractivity contribution in [1.29, 1.82) is 0 Å². The Bertz CT molecular complexity index is 364. The number of carbonyl (C=O) groups is 1. The van der Waals surface area contributed by atoms with Crippen molar-refractivity contribution in [2.24, 2.45) is 0 Å². The van der Waals surface area contributed by atoms with Gasteiger partial charge in [-0.2, -0.15) is 0 Å². The average molecular weight is 238 g/mol. The first-order valence-corrected chi connectivity index (χ1v) is 5.81. The zero-order valence-electron chi connectivity index (χ0n) is 10.2. The van der Waals surface area contributed by atoms with E-state index in [1.807, 2.05) is 13.0 Å². The van der Waals surface area contributed by atoms with E-state index < -0.39 is 0 Å². The van der Waals surface area contributed by atoms with Crippen LogP contribution in [0.25, 0.3) is 0 Å². The summed E-state index contributed by atoms with van der Waals surface area (Å²) in [5.41, 5.74) is 1.00. The minimum absolute atomic E-state index is 0.0821. The van der Waals surface area contributed by atoms with Gasteiger partial charge in [0.05, 0.1) is 25.2 Å². The predicted molar refractivity (Wildman–Crippen MR) is 62.4 cm³/mol. The highest BCUT2D eigenvalue weighted by Gasteiger charge is 2.31. The molecule has 2 heterocycles. The summed E-state index contributed by atoms with van der Waals surface area (Å²) in [4.78, 5) is 14.1. The maximum atomic E-state index is 12.3. The summed E-state index contributed by atoms with van der Waals surface area (Å²) in [5.74, 6) is 0.0821. The van der Waals surface area contributed by atoms with Crippen LogP contribution in [-0.4, -0.2) is 43.2 Å². The van der Waals surface area contributed by atoms with Crippen LogP contribution in [0, 0.1) is 0 Å². The Hall–Kier alpha value is -1.33. The lowest BCUT2D eigenvalue weighted by Gasteiger charge is -2.24. The molecule has 5 nitrogen and oxygen atoms in total. The number of ether oxygens (including phenoxy) is 1. The number of furan rings is 1. The van der Waals surface area contributed by atoms with Gasteiger partial charge in [-0.25, -0.2) is 0 Å². The van der Waals surface area contributed by atoms with Gasteiger partial charge in [-0.15, -0.1) is 0 Å². The molecule has 1 aromatic rings. The smallest absolute Gasteiger partial charge is 0.242 e. The largest absolute Gasteiger partial charge is 0.472 e. The van der Waals surface area contributed by atoms with Crippen molar-refractivity contribution in [3.63, 3.8) is 0 Å². The van der Waals surface area contributed by atoms with E-state index >= 15 is 0 Å². The van der Waals surface area contributed by atoms with Crippen LogP contribution in [0.2, 0.25) is 0 Å². The molecule has 0 aliphatic carbocycles. The molecule has 0 spiro atoms. The number of nitrogens with zero attached hydrogens (tertiary/aromatic N) is 1. The molecular weight excluding hydrogens is 220 g/mol. The van der Waals surface area contributed by atoms with Gasteiger partial charge in [0.15, 0.2) is 0 Å². The maximum Gasteiger partial charge on any atom is 0.242 e. The molecule has 1 amide bonds. The molecule has 5 heteroatoms. The van der Waals surface area contributed by atoms with E-state index in [4.69, 9.17) is 9.15 Å². The molecule has 1 aromatic heterocycles. The maximum absolute atomic E-state index is 12.3. The van der Waals surface area contributed by atoms with E-state index in [2.05, 4.69) is 5.32 Å². The van der Waals surface area contributed by atoms with Crippen LogP contribution in [0.15, 0.2) is 23.0 Å². The molecule has 1 aliphatic rings. The first-order chi connectivity index (χ1) is 8.22. The van der Waals surface area contributed by atoms with Crippen molar-refractivity contribution in [2.75, 3.05) is 20.2 Å². The van der Waals surface area contributed by atoms with E-state index in [-0.39, 0.29) is 18.1 Å². The van der Waals surface area contributed by atoms with Crippen LogP contribution in [0.3, 0.4) is 0 Å². The van der Waals surface area contributed by atoms with Gasteiger partial charge in [-0.3, -0.25) is 4.79 Å². The molecule has 1 N–H and O–H groups in total. The van der Waals surface area contributed by atoms with Crippen molar-refractivity contribution < 1.29 is 13.9 Å². The highest BCUT2D eigenvalue weighted by molar-refractivity contribution is 5.82. The summed E-state index contributed by atoms with van der Waals surface area (Å²) in [5, 5.41) is 3.01. The Morgan fingerprint density at radius 1 is 1.59 bits per heavy atom. The van der Waals surface area contributed by atoms with Gasteiger partial charge < -0.3 is 19.4 Å². The summed E-state index contributed by atoms with van der Waals surface area (Å²) in [7, 11) is 1.78. The highest BCUT2D eigenvalue weighted by atomic mass is 16.5. The number of hydrogen-bond acceptors (Lipinski definition) is 4. The van der Waals surface area contributed by atoms with E-state index in [0.29, 0.717) is 19.7 Å². The summed E-state index contributed by atoms with van der Waals surface area (Å²) < 4.78 is 10.6. The van der Waals surface area contributed by atoms with Gasteiger partial charge in [0.25, 0.3) is 0 Å². The number of likely N-dealkylation sites (N-methyl/N-ethyl adjacent to an activating group) is 1. The van der Waals surface area contributed by atoms with Gasteiger partial charge in [0, 0.05) is 18.7 Å². The lowest BCUT2D eigenvalue weighted by atomic mass is 10.1. The van der Waals surface area contributed by atoms with Crippen molar-refractivity contribution in [2.45, 2.75) is 25.6 Å². The zero-order valence-corrected chi connectivity index (χ0v) is 10.2. The van der Waals surface area contributed by atoms with E-state index in [0.717, 1.165) is 5.56 Å². The fourth-order valence-electron chi connectivity index (χ4n) is 2.07. The van der Waals surface area contributed by atoms with Crippen molar-refractivity contribution in [1.82, 2.24) is 10.2 Å². The minimum atomic E-state index is -0.274. The molecule has 1 fully saturated rings. The highest BCUT2D eigenvalue weighted by Crippen LogP contribution is 2.13. The first kappa shape index (κ1) is 12.1. The van der Waals surface area contributed by atoms with E-state index in [9.17, 15) is 4.79 Å². The third-order valence-corrected chi connectivity index (χ3v) is 3.05. The van der Waals surface area contributed by atoms with Crippen LogP contribution < -0.4 is 5.32 Å². The van der Waals surface area contributed by atoms with Crippen LogP contribution >= 0.6 is 0 Å². The lowest BCUT2D eigenvalue weighted by molar-refractivity contribution is -0.134. The van der Waals surface area contributed by atoms with E-state index in [1.54, 1.807) is 24.5 Å². The Balaban J connectivity index is 2.08. The monoisotopic (exact) mass is 238 g/mol. The van der Waals surface area contributed by atoms with Gasteiger partial charge >= 0.3 is 0 Å². The van der Waals surface area contributed by atoms with Crippen LogP contribution in [0.5, 0.6) is 0 Å². The normalized spacial score (nSPS) is 26.0. The third kappa shape index (κ3) is 2.68. The fourth-order valence-corrected chi connectivity index (χ4v) is 2.07. The molecule has 2 rings (SSSR count). The third-order valence-electron chi connectivity index (χ3n) is 3.05. The second-order valence-electron chi connectivity index (χ2n) is 4.23. The molecule has 1 aliphatic heterocycles. The summed E-state index contributed by atoms with van der Waals surface area (Å²) in [6.07, 6.45) is 3.19. The molecule has 94 valence electrons. The molecule has 0 saturated carbocycles. The van der Waals surface area contributed by atoms with Gasteiger partial charge in [0.2, 0.25) is 5.91 Å². The quantitative estimate of drug-likeness (QED) is 0.838. The molecule has 0 aromatic carbocycles. The Morgan fingerprint density at radius 2 is 2.41 bits per heavy atom. The Kier molecular flexibility index (Phi) is 3.81. The second-order valence-corrected chi connectivity index (χ2v) is 4.23. The van der Waals surface area contributed by atoms with E-state index in [1.165, 1.54) is 0 Å². The molecule has 0 bridgehead atoms. The predicted octanol–water partition coefficient (Wildman–Crippen LogP) is 0.615. The molecule has 2 atom stereocenters. The SMILES string of the molecule is CNC1C(=O)N(Cc2ccoc2)CCOC1C. The summed E-state index contributed by atoms with van der Waals surface area (Å²) in [6, 6.07) is 1.60. The number of hydrogen-bond donors (Lipinski definition) is 1. The second kappa shape index (κ2) is 5.33. The topological polar surface area (TPSA) is 54.7 Å². The average Bonchev–Trinajstić information content (AvgIpc) is 2.76. The minimum Gasteiger partial charge on any atom is -0.472 e. The van der Waals surface area contributed by atoms with Crippen molar-refractivity contribution >= 4 is 5.91 Å². The Morgan fingerprint density at radius 3 is 3.06 bits per heavy atom. The number of amides is 1. The standard InChI is InChI=1S/C12H18N2O3/c1-9-11(13-2)12(15)14(4-6-17-9)7-10-3-5-16-8-10/h3,5,8-9,11,13H,4,6-7H2,1-2H3. The van der Waals surface area contributed by atoms with Crippen LogP contribution in [0.4, 0.5) is 0 Å². The molecular formula is C12H18N2O3. The summed E-state index contributed by atoms with van der Waals surface area (Å²) in [6.45, 7) is 3.68. The van der Waals surface area contributed by atoms with Gasteiger partial charge in [-0.1, -0.05) is 0 Å². The van der Waals surface area contributed by atoms with Crippen molar-refractivity contribution in [3.8, 4) is 0 Å². The van der Waals surface area contributed by atoms with Gasteiger partial charge in [-0.05, 0) is 20.0 Å². The fraction of sp³-hybridized carbons (Fsp3) is 0.583. The molecule has 1 saturated heterocycles. The molecule has 2 unspecified atom stereocenters. The lowest BCUT2D eigenvalue weighted by Crippen LogP contribution is -2.48. The summed E-state index contributed by atoms with van der Waals surface area (Å²) >= 11 is 0. The van der Waals surface area contributed by atoms with Crippen LogP contribution in [-0.2, 0) is 16.1 Å². The molecule has 17 heavy (non-hydrogen) atoms. The first-order valence-electron chi connectivity index (χ1n) is 5.81. The van der Waals surface area contributed by atoms with Crippen molar-refractivity contribution in [3.05, 3.63) is 24.2 Å².